The summed E-state index contributed by atoms with van der Waals surface area (Å²) in [6, 6.07) is 6.18. The first-order chi connectivity index (χ1) is 13.1. The van der Waals surface area contributed by atoms with Gasteiger partial charge in [0.15, 0.2) is 0 Å². The van der Waals surface area contributed by atoms with E-state index >= 15 is 0 Å². The number of likely N-dealkylation sites (tertiary alicyclic amines) is 1. The van der Waals surface area contributed by atoms with Crippen LogP contribution >= 0.6 is 0 Å². The number of nitrogens with zero attached hydrogens (tertiary/aromatic N) is 2. The van der Waals surface area contributed by atoms with E-state index in [9.17, 15) is 14.4 Å². The Hall–Kier alpha value is -2.25. The van der Waals surface area contributed by atoms with Crippen molar-refractivity contribution in [3.05, 3.63) is 34.9 Å². The molecule has 0 spiro atoms. The van der Waals surface area contributed by atoms with Gasteiger partial charge >= 0.3 is 0 Å². The molecule has 3 amide bonds. The fraction of sp³-hybridized carbons (Fsp3) is 0.550. The zero-order chi connectivity index (χ0) is 18.5. The van der Waals surface area contributed by atoms with Gasteiger partial charge in [0.1, 0.15) is 6.04 Å². The molecule has 0 aromatic heterocycles. The summed E-state index contributed by atoms with van der Waals surface area (Å²) in [6.45, 7) is 4.62. The quantitative estimate of drug-likeness (QED) is 0.747. The van der Waals surface area contributed by atoms with E-state index in [1.54, 1.807) is 4.90 Å². The molecule has 3 fully saturated rings. The molecule has 1 aromatic carbocycles. The fourth-order valence-electron chi connectivity index (χ4n) is 4.95. The summed E-state index contributed by atoms with van der Waals surface area (Å²) < 4.78 is 0. The summed E-state index contributed by atoms with van der Waals surface area (Å²) >= 11 is 0. The van der Waals surface area contributed by atoms with Crippen molar-refractivity contribution in [2.24, 2.45) is 5.92 Å². The minimum atomic E-state index is -0.546. The topological polar surface area (TPSA) is 81.8 Å². The van der Waals surface area contributed by atoms with Crippen LogP contribution in [0.2, 0.25) is 0 Å². The van der Waals surface area contributed by atoms with Gasteiger partial charge in [-0.1, -0.05) is 12.1 Å². The van der Waals surface area contributed by atoms with Crippen molar-refractivity contribution in [3.63, 3.8) is 0 Å². The molecule has 0 bridgehead atoms. The number of amides is 3. The highest BCUT2D eigenvalue weighted by molar-refractivity contribution is 6.05. The lowest BCUT2D eigenvalue weighted by Crippen LogP contribution is -2.62. The van der Waals surface area contributed by atoms with E-state index in [-0.39, 0.29) is 24.1 Å². The van der Waals surface area contributed by atoms with E-state index < -0.39 is 6.04 Å². The Kier molecular flexibility index (Phi) is 4.02. The molecule has 2 N–H and O–H groups in total. The number of nitrogens with one attached hydrogen (secondary N) is 2. The molecular formula is C20H24N4O3. The highest BCUT2D eigenvalue weighted by Gasteiger charge is 2.41. The van der Waals surface area contributed by atoms with Gasteiger partial charge in [-0.2, -0.15) is 0 Å². The maximum atomic E-state index is 12.9. The molecule has 0 radical (unpaired) electrons. The average Bonchev–Trinajstić information content (AvgIpc) is 2.96. The molecule has 3 saturated heterocycles. The molecular weight excluding hydrogens is 344 g/mol. The summed E-state index contributed by atoms with van der Waals surface area (Å²) in [6.07, 6.45) is 1.94. The fourth-order valence-corrected chi connectivity index (χ4v) is 4.95. The van der Waals surface area contributed by atoms with Gasteiger partial charge in [-0.3, -0.25) is 24.6 Å². The number of hydrogen-bond acceptors (Lipinski definition) is 5. The number of fused-ring (bicyclic) bond motifs is 2. The van der Waals surface area contributed by atoms with E-state index in [0.29, 0.717) is 24.6 Å². The van der Waals surface area contributed by atoms with Crippen LogP contribution in [-0.4, -0.2) is 59.2 Å². The van der Waals surface area contributed by atoms with E-state index in [1.165, 1.54) is 6.42 Å². The average molecular weight is 368 g/mol. The first-order valence-electron chi connectivity index (χ1n) is 9.81. The molecule has 3 atom stereocenters. The molecule has 4 aliphatic heterocycles. The minimum Gasteiger partial charge on any atom is -0.322 e. The minimum absolute atomic E-state index is 0.0952. The van der Waals surface area contributed by atoms with Gasteiger partial charge in [0.05, 0.1) is 0 Å². The van der Waals surface area contributed by atoms with Crippen LogP contribution < -0.4 is 10.6 Å². The number of rotatable bonds is 3. The van der Waals surface area contributed by atoms with Crippen LogP contribution in [-0.2, 0) is 22.7 Å². The second-order valence-corrected chi connectivity index (χ2v) is 8.14. The number of carbonyl (C=O) groups excluding carboxylic acids is 3. The van der Waals surface area contributed by atoms with Gasteiger partial charge in [0.2, 0.25) is 11.8 Å². The monoisotopic (exact) mass is 368 g/mol. The smallest absolute Gasteiger partial charge is 0.255 e. The van der Waals surface area contributed by atoms with Crippen molar-refractivity contribution in [1.29, 1.82) is 0 Å². The van der Waals surface area contributed by atoms with Gasteiger partial charge in [-0.25, -0.2) is 0 Å². The van der Waals surface area contributed by atoms with E-state index in [1.807, 2.05) is 12.1 Å². The molecule has 5 rings (SSSR count). The summed E-state index contributed by atoms with van der Waals surface area (Å²) in [4.78, 5) is 40.5. The first kappa shape index (κ1) is 16.9. The zero-order valence-corrected chi connectivity index (χ0v) is 15.2. The highest BCUT2D eigenvalue weighted by Crippen LogP contribution is 2.33. The molecule has 7 heteroatoms. The lowest BCUT2D eigenvalue weighted by Gasteiger charge is -2.51. The van der Waals surface area contributed by atoms with Gasteiger partial charge in [0, 0.05) is 44.2 Å². The lowest BCUT2D eigenvalue weighted by atomic mass is 9.83. The molecule has 142 valence electrons. The summed E-state index contributed by atoms with van der Waals surface area (Å²) in [5, 5.41) is 5.81. The van der Waals surface area contributed by atoms with Gasteiger partial charge in [-0.15, -0.1) is 0 Å². The van der Waals surface area contributed by atoms with Gasteiger partial charge in [-0.05, 0) is 42.5 Å². The second kappa shape index (κ2) is 6.42. The van der Waals surface area contributed by atoms with E-state index in [4.69, 9.17) is 0 Å². The molecule has 4 heterocycles. The predicted molar refractivity (Wildman–Crippen MR) is 97.7 cm³/mol. The number of imide groups is 1. The number of carbonyl (C=O) groups is 3. The third-order valence-electron chi connectivity index (χ3n) is 6.51. The third-order valence-corrected chi connectivity index (χ3v) is 6.51. The van der Waals surface area contributed by atoms with Crippen molar-refractivity contribution in [3.8, 4) is 0 Å². The molecule has 4 aliphatic rings. The summed E-state index contributed by atoms with van der Waals surface area (Å²) in [5.74, 6) is 0.101. The normalized spacial score (nSPS) is 30.6. The Morgan fingerprint density at radius 1 is 1.15 bits per heavy atom. The van der Waals surface area contributed by atoms with Gasteiger partial charge in [0.25, 0.3) is 5.91 Å². The van der Waals surface area contributed by atoms with E-state index in [0.717, 1.165) is 43.2 Å². The molecule has 0 aliphatic carbocycles. The Bertz CT molecular complexity index is 823. The maximum absolute atomic E-state index is 12.9. The summed E-state index contributed by atoms with van der Waals surface area (Å²) in [5.41, 5.74) is 2.82. The van der Waals surface area contributed by atoms with Crippen LogP contribution in [0.3, 0.4) is 0 Å². The van der Waals surface area contributed by atoms with Crippen molar-refractivity contribution in [1.82, 2.24) is 20.4 Å². The van der Waals surface area contributed by atoms with Crippen molar-refractivity contribution in [2.45, 2.75) is 44.4 Å². The zero-order valence-electron chi connectivity index (χ0n) is 15.2. The Morgan fingerprint density at radius 2 is 2.04 bits per heavy atom. The van der Waals surface area contributed by atoms with Crippen LogP contribution in [0.15, 0.2) is 18.2 Å². The van der Waals surface area contributed by atoms with Crippen molar-refractivity contribution in [2.75, 3.05) is 19.6 Å². The number of piperidine rings is 2. The van der Waals surface area contributed by atoms with Crippen molar-refractivity contribution >= 4 is 17.7 Å². The third kappa shape index (κ3) is 2.85. The molecule has 1 unspecified atom stereocenters. The van der Waals surface area contributed by atoms with Crippen LogP contribution in [0.1, 0.15) is 40.7 Å². The SMILES string of the molecule is O=C1CCC(N2Cc3ccc(CN4C[C@H]5CCNC[C@H]54)cc3C2=O)C(=O)N1. The Morgan fingerprint density at radius 3 is 2.85 bits per heavy atom. The highest BCUT2D eigenvalue weighted by atomic mass is 16.2. The Balaban J connectivity index is 1.30. The summed E-state index contributed by atoms with van der Waals surface area (Å²) in [7, 11) is 0. The van der Waals surface area contributed by atoms with Gasteiger partial charge < -0.3 is 10.2 Å². The predicted octanol–water partition coefficient (Wildman–Crippen LogP) is 0.241. The number of hydrogen-bond donors (Lipinski definition) is 2. The molecule has 1 aromatic rings. The Labute approximate surface area is 158 Å². The molecule has 7 nitrogen and oxygen atoms in total. The lowest BCUT2D eigenvalue weighted by molar-refractivity contribution is -0.136. The van der Waals surface area contributed by atoms with Crippen molar-refractivity contribution < 1.29 is 14.4 Å². The van der Waals surface area contributed by atoms with Crippen LogP contribution in [0.25, 0.3) is 0 Å². The first-order valence-corrected chi connectivity index (χ1v) is 9.81. The maximum Gasteiger partial charge on any atom is 0.255 e. The van der Waals surface area contributed by atoms with E-state index in [2.05, 4.69) is 21.6 Å². The van der Waals surface area contributed by atoms with Crippen LogP contribution in [0, 0.1) is 5.92 Å². The van der Waals surface area contributed by atoms with Crippen LogP contribution in [0.5, 0.6) is 0 Å². The molecule has 27 heavy (non-hydrogen) atoms. The largest absolute Gasteiger partial charge is 0.322 e. The standard InChI is InChI=1S/C20H24N4O3/c25-18-4-3-16(19(26)22-18)24-11-13-2-1-12(7-15(13)20(24)27)9-23-10-14-5-6-21-8-17(14)23/h1-2,7,14,16-17,21H,3-6,8-11H2,(H,22,25,26)/t14-,16?,17-/m1/s1. The second-order valence-electron chi connectivity index (χ2n) is 8.14. The van der Waals surface area contributed by atoms with Crippen LogP contribution in [0.4, 0.5) is 0 Å². The molecule has 0 saturated carbocycles. The number of benzene rings is 1.